The van der Waals surface area contributed by atoms with E-state index in [1.54, 1.807) is 24.3 Å². The topological polar surface area (TPSA) is 183 Å². The second-order valence-electron chi connectivity index (χ2n) is 9.00. The highest BCUT2D eigenvalue weighted by Gasteiger charge is 2.21. The summed E-state index contributed by atoms with van der Waals surface area (Å²) < 4.78 is 5.67. The highest BCUT2D eigenvalue weighted by molar-refractivity contribution is 5.80. The first-order valence-corrected chi connectivity index (χ1v) is 12.7. The van der Waals surface area contributed by atoms with Gasteiger partial charge < -0.3 is 15.4 Å². The number of benzene rings is 4. The van der Waals surface area contributed by atoms with Gasteiger partial charge in [0.1, 0.15) is 5.75 Å². The smallest absolute Gasteiger partial charge is 0.318 e. The minimum Gasteiger partial charge on any atom is -0.450 e. The molecular formula is C29H23N9O5. The van der Waals surface area contributed by atoms with Crippen molar-refractivity contribution in [3.05, 3.63) is 128 Å². The zero-order chi connectivity index (χ0) is 30.2. The van der Waals surface area contributed by atoms with Crippen molar-refractivity contribution in [3.63, 3.8) is 0 Å². The second-order valence-corrected chi connectivity index (χ2v) is 9.00. The first-order chi connectivity index (χ1) is 20.8. The third-order valence-electron chi connectivity index (χ3n) is 5.79. The number of nitrogens with zero attached hydrogens (tertiary/aromatic N) is 6. The Labute approximate surface area is 244 Å². The van der Waals surface area contributed by atoms with E-state index in [4.69, 9.17) is 4.74 Å². The molecule has 0 radical (unpaired) electrons. The summed E-state index contributed by atoms with van der Waals surface area (Å²) in [6, 6.07) is 26.9. The lowest BCUT2D eigenvalue weighted by Gasteiger charge is -2.10. The largest absolute Gasteiger partial charge is 0.450 e. The molecule has 0 aliphatic carbocycles. The molecule has 5 rings (SSSR count). The molecular weight excluding hydrogens is 554 g/mol. The number of hydrogen-bond acceptors (Lipinski definition) is 12. The molecule has 0 bridgehead atoms. The van der Waals surface area contributed by atoms with E-state index in [1.165, 1.54) is 12.3 Å². The number of hydrogen-bond donors (Lipinski definition) is 3. The Balaban J connectivity index is 1.34. The average Bonchev–Trinajstić information content (AvgIpc) is 2.99. The number of para-hydroxylation sites is 1. The lowest BCUT2D eigenvalue weighted by Crippen LogP contribution is -2.07. The Morgan fingerprint density at radius 2 is 1.42 bits per heavy atom. The number of nitro benzene ring substituents is 2. The van der Waals surface area contributed by atoms with Gasteiger partial charge in [0.05, 0.1) is 22.1 Å². The molecule has 43 heavy (non-hydrogen) atoms. The predicted octanol–water partition coefficient (Wildman–Crippen LogP) is 6.72. The van der Waals surface area contributed by atoms with Crippen molar-refractivity contribution in [2.45, 2.75) is 6.92 Å². The van der Waals surface area contributed by atoms with Gasteiger partial charge in [0, 0.05) is 17.4 Å². The lowest BCUT2D eigenvalue weighted by atomic mass is 10.2. The summed E-state index contributed by atoms with van der Waals surface area (Å²) in [6.45, 7) is 2.00. The number of nitrogens with one attached hydrogen (secondary N) is 3. The van der Waals surface area contributed by atoms with E-state index in [-0.39, 0.29) is 29.3 Å². The molecule has 0 aliphatic rings. The zero-order valence-electron chi connectivity index (χ0n) is 22.5. The number of aromatic nitrogens is 3. The van der Waals surface area contributed by atoms with E-state index in [2.05, 4.69) is 36.1 Å². The number of hydrazone groups is 1. The number of anilines is 5. The normalized spacial score (nSPS) is 10.7. The maximum absolute atomic E-state index is 11.4. The number of aryl methyl sites for hydroxylation is 1. The molecule has 0 saturated heterocycles. The van der Waals surface area contributed by atoms with E-state index in [1.807, 2.05) is 61.5 Å². The van der Waals surface area contributed by atoms with Crippen LogP contribution in [0, 0.1) is 27.2 Å². The Hall–Kier alpha value is -6.44. The molecule has 14 heteroatoms. The van der Waals surface area contributed by atoms with E-state index >= 15 is 0 Å². The number of non-ortho nitro benzene ring substituents is 1. The van der Waals surface area contributed by atoms with Gasteiger partial charge in [-0.25, -0.2) is 5.43 Å². The van der Waals surface area contributed by atoms with Crippen LogP contribution in [0.2, 0.25) is 0 Å². The fraction of sp³-hybridized carbons (Fsp3) is 0.0345. The SMILES string of the molecule is Cc1ccc(Nc2nc(NN=Cc3cccc(Oc4ccc([N+](=O)[O-])cc4[N+](=O)[O-])c3)nc(Nc3ccccc3)n2)cc1. The van der Waals surface area contributed by atoms with Crippen LogP contribution in [-0.4, -0.2) is 31.0 Å². The molecule has 1 aromatic heterocycles. The van der Waals surface area contributed by atoms with Gasteiger partial charge in [-0.05, 0) is 55.0 Å². The van der Waals surface area contributed by atoms with Crippen molar-refractivity contribution < 1.29 is 14.6 Å². The molecule has 0 atom stereocenters. The summed E-state index contributed by atoms with van der Waals surface area (Å²) in [4.78, 5) is 34.3. The number of ether oxygens (including phenoxy) is 1. The summed E-state index contributed by atoms with van der Waals surface area (Å²) >= 11 is 0. The minimum atomic E-state index is -0.741. The van der Waals surface area contributed by atoms with Crippen molar-refractivity contribution >= 4 is 46.8 Å². The molecule has 0 saturated carbocycles. The Morgan fingerprint density at radius 3 is 2.09 bits per heavy atom. The van der Waals surface area contributed by atoms with Crippen LogP contribution in [0.4, 0.5) is 40.6 Å². The minimum absolute atomic E-state index is 0.139. The van der Waals surface area contributed by atoms with Crippen LogP contribution in [0.3, 0.4) is 0 Å². The lowest BCUT2D eigenvalue weighted by molar-refractivity contribution is -0.394. The third kappa shape index (κ3) is 7.61. The number of nitro groups is 2. The van der Waals surface area contributed by atoms with Crippen LogP contribution in [-0.2, 0) is 0 Å². The van der Waals surface area contributed by atoms with Crippen molar-refractivity contribution in [2.75, 3.05) is 16.1 Å². The molecule has 14 nitrogen and oxygen atoms in total. The summed E-state index contributed by atoms with van der Waals surface area (Å²) in [7, 11) is 0. The Bertz CT molecular complexity index is 1800. The summed E-state index contributed by atoms with van der Waals surface area (Å²) in [6.07, 6.45) is 1.48. The van der Waals surface area contributed by atoms with Gasteiger partial charge in [-0.2, -0.15) is 20.1 Å². The van der Waals surface area contributed by atoms with E-state index in [9.17, 15) is 20.2 Å². The Kier molecular flexibility index (Phi) is 8.38. The van der Waals surface area contributed by atoms with Gasteiger partial charge in [-0.3, -0.25) is 20.2 Å². The summed E-state index contributed by atoms with van der Waals surface area (Å²) in [5.74, 6) is 0.858. The molecule has 0 spiro atoms. The first kappa shape index (κ1) is 28.1. The van der Waals surface area contributed by atoms with Crippen LogP contribution in [0.1, 0.15) is 11.1 Å². The van der Waals surface area contributed by atoms with Crippen molar-refractivity contribution in [1.29, 1.82) is 0 Å². The maximum atomic E-state index is 11.4. The van der Waals surface area contributed by atoms with Gasteiger partial charge in [-0.1, -0.05) is 48.0 Å². The standard InChI is InChI=1S/C29H23N9O5/c1-19-10-12-22(13-11-19)32-28-33-27(31-21-7-3-2-4-8-21)34-29(35-28)36-30-18-20-6-5-9-24(16-20)43-26-15-14-23(37(39)40)17-25(26)38(41)42/h2-18H,1H3,(H3,31,32,33,34,35,36). The summed E-state index contributed by atoms with van der Waals surface area (Å²) in [5, 5.41) is 33.0. The number of rotatable bonds is 11. The zero-order valence-corrected chi connectivity index (χ0v) is 22.5. The van der Waals surface area contributed by atoms with Crippen molar-refractivity contribution in [1.82, 2.24) is 15.0 Å². The summed E-state index contributed by atoms with van der Waals surface area (Å²) in [5.41, 5.74) is 5.14. The molecule has 0 fully saturated rings. The fourth-order valence-corrected chi connectivity index (χ4v) is 3.75. The van der Waals surface area contributed by atoms with Crippen molar-refractivity contribution in [2.24, 2.45) is 5.10 Å². The van der Waals surface area contributed by atoms with Crippen molar-refractivity contribution in [3.8, 4) is 11.5 Å². The van der Waals surface area contributed by atoms with Crippen LogP contribution in [0.25, 0.3) is 0 Å². The predicted molar refractivity (Wildman–Crippen MR) is 161 cm³/mol. The quantitative estimate of drug-likeness (QED) is 0.0860. The van der Waals surface area contributed by atoms with Gasteiger partial charge in [-0.15, -0.1) is 0 Å². The molecule has 0 aliphatic heterocycles. The molecule has 4 aromatic carbocycles. The second kappa shape index (κ2) is 12.8. The monoisotopic (exact) mass is 577 g/mol. The maximum Gasteiger partial charge on any atom is 0.318 e. The van der Waals surface area contributed by atoms with Crippen LogP contribution in [0.15, 0.2) is 102 Å². The average molecular weight is 578 g/mol. The molecule has 0 unspecified atom stereocenters. The molecule has 0 amide bonds. The molecule has 1 heterocycles. The molecule has 3 N–H and O–H groups in total. The third-order valence-corrected chi connectivity index (χ3v) is 5.79. The fourth-order valence-electron chi connectivity index (χ4n) is 3.75. The van der Waals surface area contributed by atoms with E-state index < -0.39 is 21.2 Å². The molecule has 5 aromatic rings. The van der Waals surface area contributed by atoms with Gasteiger partial charge in [0.25, 0.3) is 5.69 Å². The van der Waals surface area contributed by atoms with Crippen LogP contribution < -0.4 is 20.8 Å². The highest BCUT2D eigenvalue weighted by atomic mass is 16.6. The molecule has 214 valence electrons. The highest BCUT2D eigenvalue weighted by Crippen LogP contribution is 2.34. The first-order valence-electron chi connectivity index (χ1n) is 12.7. The van der Waals surface area contributed by atoms with Crippen LogP contribution >= 0.6 is 0 Å². The van der Waals surface area contributed by atoms with Gasteiger partial charge in [0.2, 0.25) is 23.6 Å². The van der Waals surface area contributed by atoms with Crippen LogP contribution in [0.5, 0.6) is 11.5 Å². The van der Waals surface area contributed by atoms with Gasteiger partial charge >= 0.3 is 5.69 Å². The van der Waals surface area contributed by atoms with E-state index in [0.717, 1.165) is 29.1 Å². The van der Waals surface area contributed by atoms with E-state index in [0.29, 0.717) is 5.56 Å². The van der Waals surface area contributed by atoms with Gasteiger partial charge in [0.15, 0.2) is 0 Å². The Morgan fingerprint density at radius 1 is 0.744 bits per heavy atom.